The van der Waals surface area contributed by atoms with E-state index in [1.165, 1.54) is 0 Å². The Bertz CT molecular complexity index is 1540. The Morgan fingerprint density at radius 1 is 0.455 bits per heavy atom. The highest BCUT2D eigenvalue weighted by atomic mass is 15.3. The number of hydrogen-bond donors (Lipinski definition) is 1. The highest BCUT2D eigenvalue weighted by molar-refractivity contribution is 6.06. The van der Waals surface area contributed by atoms with Crippen LogP contribution in [0.1, 0.15) is 0 Å². The Hall–Kier alpha value is -4.57. The lowest BCUT2D eigenvalue weighted by atomic mass is 9.94. The van der Waals surface area contributed by atoms with Crippen molar-refractivity contribution in [2.45, 2.75) is 0 Å². The molecule has 0 fully saturated rings. The van der Waals surface area contributed by atoms with Crippen molar-refractivity contribution >= 4 is 10.9 Å². The van der Waals surface area contributed by atoms with Gasteiger partial charge in [-0.2, -0.15) is 0 Å². The topological polar surface area (TPSA) is 54.5 Å². The molecule has 0 aliphatic rings. The molecule has 2 heterocycles. The van der Waals surface area contributed by atoms with Gasteiger partial charge >= 0.3 is 0 Å². The van der Waals surface area contributed by atoms with Gasteiger partial charge in [0.15, 0.2) is 0 Å². The second-order valence-corrected chi connectivity index (χ2v) is 7.88. The maximum atomic E-state index is 4.60. The van der Waals surface area contributed by atoms with Crippen LogP contribution in [0.15, 0.2) is 115 Å². The molecule has 0 bridgehead atoms. The second kappa shape index (κ2) is 8.17. The van der Waals surface area contributed by atoms with Gasteiger partial charge in [-0.15, -0.1) is 10.2 Å². The third kappa shape index (κ3) is 3.38. The monoisotopic (exact) mass is 424 g/mol. The van der Waals surface area contributed by atoms with E-state index in [-0.39, 0.29) is 0 Å². The quantitative estimate of drug-likeness (QED) is 0.331. The van der Waals surface area contributed by atoms with Crippen molar-refractivity contribution in [3.8, 4) is 44.9 Å². The highest BCUT2D eigenvalue weighted by Crippen LogP contribution is 2.43. The molecule has 0 unspecified atom stereocenters. The van der Waals surface area contributed by atoms with Gasteiger partial charge in [-0.05, 0) is 22.4 Å². The smallest absolute Gasteiger partial charge is 0.122 e. The molecule has 0 saturated heterocycles. The van der Waals surface area contributed by atoms with Gasteiger partial charge in [0.05, 0.1) is 5.69 Å². The molecule has 156 valence electrons. The first-order valence-corrected chi connectivity index (χ1v) is 10.9. The van der Waals surface area contributed by atoms with Crippen LogP contribution in [0.2, 0.25) is 0 Å². The first-order valence-electron chi connectivity index (χ1n) is 10.9. The zero-order valence-corrected chi connectivity index (χ0v) is 17.8. The van der Waals surface area contributed by atoms with Crippen molar-refractivity contribution < 1.29 is 0 Å². The van der Waals surface area contributed by atoms with Gasteiger partial charge in [0, 0.05) is 27.6 Å². The van der Waals surface area contributed by atoms with Crippen molar-refractivity contribution in [1.29, 1.82) is 0 Å². The number of para-hydroxylation sites is 1. The summed E-state index contributed by atoms with van der Waals surface area (Å²) in [7, 11) is 0. The SMILES string of the molecule is c1ccc(-c2nnnc(-c3[nH]c4ccccc4c3-c3ccccc3)c2-c2ccccc2)cc1. The van der Waals surface area contributed by atoms with Gasteiger partial charge in [0.2, 0.25) is 0 Å². The summed E-state index contributed by atoms with van der Waals surface area (Å²) in [6.45, 7) is 0. The molecule has 1 N–H and O–H groups in total. The van der Waals surface area contributed by atoms with Crippen LogP contribution in [0.3, 0.4) is 0 Å². The van der Waals surface area contributed by atoms with E-state index in [1.807, 2.05) is 48.5 Å². The minimum absolute atomic E-state index is 0.783. The predicted octanol–water partition coefficient (Wildman–Crippen LogP) is 7.02. The van der Waals surface area contributed by atoms with Gasteiger partial charge in [-0.25, -0.2) is 0 Å². The van der Waals surface area contributed by atoms with Crippen LogP contribution >= 0.6 is 0 Å². The van der Waals surface area contributed by atoms with E-state index >= 15 is 0 Å². The summed E-state index contributed by atoms with van der Waals surface area (Å²) in [5, 5.41) is 14.5. The largest absolute Gasteiger partial charge is 0.353 e. The number of aromatic amines is 1. The van der Waals surface area contributed by atoms with E-state index < -0.39 is 0 Å². The van der Waals surface area contributed by atoms with Crippen molar-refractivity contribution in [3.05, 3.63) is 115 Å². The molecule has 0 aliphatic carbocycles. The Morgan fingerprint density at radius 3 is 1.64 bits per heavy atom. The normalized spacial score (nSPS) is 11.0. The summed E-state index contributed by atoms with van der Waals surface area (Å²) in [5.74, 6) is 0. The highest BCUT2D eigenvalue weighted by Gasteiger charge is 2.23. The lowest BCUT2D eigenvalue weighted by Gasteiger charge is -2.13. The van der Waals surface area contributed by atoms with Gasteiger partial charge in [0.1, 0.15) is 11.4 Å². The third-order valence-electron chi connectivity index (χ3n) is 5.88. The molecule has 0 amide bonds. The molecule has 4 heteroatoms. The molecule has 2 aromatic heterocycles. The fourth-order valence-corrected chi connectivity index (χ4v) is 4.40. The number of aromatic nitrogens is 4. The fraction of sp³-hybridized carbons (Fsp3) is 0. The lowest BCUT2D eigenvalue weighted by Crippen LogP contribution is -2.01. The van der Waals surface area contributed by atoms with E-state index in [0.717, 1.165) is 55.8 Å². The summed E-state index contributed by atoms with van der Waals surface area (Å²) in [6.07, 6.45) is 0. The van der Waals surface area contributed by atoms with Crippen LogP contribution in [0, 0.1) is 0 Å². The van der Waals surface area contributed by atoms with Gasteiger partial charge in [-0.1, -0.05) is 109 Å². The number of hydrogen-bond acceptors (Lipinski definition) is 3. The number of nitrogens with one attached hydrogen (secondary N) is 1. The van der Waals surface area contributed by atoms with Crippen molar-refractivity contribution in [3.63, 3.8) is 0 Å². The Labute approximate surface area is 191 Å². The zero-order valence-electron chi connectivity index (χ0n) is 17.8. The molecule has 33 heavy (non-hydrogen) atoms. The first-order chi connectivity index (χ1) is 16.4. The van der Waals surface area contributed by atoms with E-state index in [1.54, 1.807) is 0 Å². The average molecular weight is 425 g/mol. The molecular weight excluding hydrogens is 404 g/mol. The predicted molar refractivity (Wildman–Crippen MR) is 133 cm³/mol. The number of fused-ring (bicyclic) bond motifs is 1. The Morgan fingerprint density at radius 2 is 0.970 bits per heavy atom. The van der Waals surface area contributed by atoms with Crippen LogP contribution in [0.5, 0.6) is 0 Å². The van der Waals surface area contributed by atoms with Crippen LogP contribution in [0.25, 0.3) is 55.8 Å². The molecule has 6 aromatic rings. The number of nitrogens with zero attached hydrogens (tertiary/aromatic N) is 3. The summed E-state index contributed by atoms with van der Waals surface area (Å²) >= 11 is 0. The molecule has 0 spiro atoms. The number of rotatable bonds is 4. The molecule has 0 atom stereocenters. The van der Waals surface area contributed by atoms with Crippen LogP contribution in [0.4, 0.5) is 0 Å². The maximum absolute atomic E-state index is 4.60. The minimum Gasteiger partial charge on any atom is -0.353 e. The maximum Gasteiger partial charge on any atom is 0.122 e. The van der Waals surface area contributed by atoms with Crippen LogP contribution in [-0.4, -0.2) is 20.4 Å². The van der Waals surface area contributed by atoms with E-state index in [0.29, 0.717) is 0 Å². The minimum atomic E-state index is 0.783. The molecule has 0 aliphatic heterocycles. The lowest BCUT2D eigenvalue weighted by molar-refractivity contribution is 0.877. The molecule has 0 radical (unpaired) electrons. The van der Waals surface area contributed by atoms with E-state index in [4.69, 9.17) is 0 Å². The van der Waals surface area contributed by atoms with Crippen LogP contribution < -0.4 is 0 Å². The molecular formula is C29H20N4. The molecule has 0 saturated carbocycles. The van der Waals surface area contributed by atoms with Gasteiger partial charge in [-0.3, -0.25) is 0 Å². The summed E-state index contributed by atoms with van der Waals surface area (Å²) in [6, 6.07) is 39.2. The van der Waals surface area contributed by atoms with Gasteiger partial charge < -0.3 is 4.98 Å². The summed E-state index contributed by atoms with van der Waals surface area (Å²) in [5.41, 5.74) is 8.84. The standard InChI is InChI=1S/C29H20N4/c1-4-12-20(13-5-1)25-23-18-10-11-19-24(23)30-28(25)29-26(21-14-6-2-7-15-21)27(31-33-32-29)22-16-8-3-9-17-22/h1-19,30H. The number of benzene rings is 4. The number of H-pyrrole nitrogens is 1. The van der Waals surface area contributed by atoms with E-state index in [9.17, 15) is 0 Å². The zero-order chi connectivity index (χ0) is 22.0. The van der Waals surface area contributed by atoms with E-state index in [2.05, 4.69) is 87.1 Å². The van der Waals surface area contributed by atoms with Gasteiger partial charge in [0.25, 0.3) is 0 Å². The van der Waals surface area contributed by atoms with Crippen molar-refractivity contribution in [2.75, 3.05) is 0 Å². The van der Waals surface area contributed by atoms with Crippen molar-refractivity contribution in [2.24, 2.45) is 0 Å². The third-order valence-corrected chi connectivity index (χ3v) is 5.88. The average Bonchev–Trinajstić information content (AvgIpc) is 3.29. The summed E-state index contributed by atoms with van der Waals surface area (Å²) < 4.78 is 0. The molecule has 4 aromatic carbocycles. The Kier molecular flexibility index (Phi) is 4.74. The molecule has 4 nitrogen and oxygen atoms in total. The van der Waals surface area contributed by atoms with Crippen LogP contribution in [-0.2, 0) is 0 Å². The molecule has 6 rings (SSSR count). The first kappa shape index (κ1) is 19.1. The fourth-order valence-electron chi connectivity index (χ4n) is 4.40. The second-order valence-electron chi connectivity index (χ2n) is 7.88. The van der Waals surface area contributed by atoms with Crippen molar-refractivity contribution in [1.82, 2.24) is 20.4 Å². The Balaban J connectivity index is 1.71. The summed E-state index contributed by atoms with van der Waals surface area (Å²) in [4.78, 5) is 3.64.